The van der Waals surface area contributed by atoms with Gasteiger partial charge in [-0.15, -0.1) is 4.33 Å². The molecule has 48 heavy (non-hydrogen) atoms. The molecule has 16 nitrogen and oxygen atoms in total. The summed E-state index contributed by atoms with van der Waals surface area (Å²) in [6.45, 7) is 0. The van der Waals surface area contributed by atoms with Crippen molar-refractivity contribution in [2.75, 3.05) is 10.6 Å². The SMILES string of the molecule is O=C(Nc1ccc2c(S(=O)(=O)O)cc(SOOO)cc2c1)c1ccccc1C(=O)Nc1ccc2c(S(=O)(=O)O)cc(S(=O)(=O)O)cc2c1. The first kappa shape index (κ1) is 34.8. The Kier molecular flexibility index (Phi) is 9.58. The Balaban J connectivity index is 1.45. The molecule has 5 rings (SSSR count). The van der Waals surface area contributed by atoms with Crippen LogP contribution in [0.15, 0.2) is 105 Å². The van der Waals surface area contributed by atoms with Gasteiger partial charge in [0.15, 0.2) is 0 Å². The smallest absolute Gasteiger partial charge is 0.295 e. The predicted octanol–water partition coefficient (Wildman–Crippen LogP) is 4.67. The van der Waals surface area contributed by atoms with E-state index >= 15 is 0 Å². The van der Waals surface area contributed by atoms with Crippen molar-refractivity contribution >= 4 is 87.1 Å². The van der Waals surface area contributed by atoms with E-state index in [0.29, 0.717) is 18.1 Å². The Morgan fingerprint density at radius 2 is 1.08 bits per heavy atom. The summed E-state index contributed by atoms with van der Waals surface area (Å²) in [7, 11) is -14.5. The lowest BCUT2D eigenvalue weighted by molar-refractivity contribution is -0.432. The molecular formula is C28H20N2O14S4. The van der Waals surface area contributed by atoms with Gasteiger partial charge in [-0.2, -0.15) is 25.3 Å². The third-order valence-corrected chi connectivity index (χ3v) is 9.90. The molecule has 0 heterocycles. The molecule has 0 aromatic heterocycles. The number of carbonyl (C=O) groups is 2. The first-order valence-electron chi connectivity index (χ1n) is 12.9. The third kappa shape index (κ3) is 7.63. The Morgan fingerprint density at radius 1 is 0.604 bits per heavy atom. The number of hydrogen-bond acceptors (Lipinski definition) is 12. The van der Waals surface area contributed by atoms with Crippen molar-refractivity contribution in [2.24, 2.45) is 0 Å². The normalized spacial score (nSPS) is 12.2. The standard InChI is InChI=1S/C28H20N2O14S4/c31-27(29-17-5-7-21-15(9-17)11-19(45-44-43-33)13-25(21)47(37,38)39)23-3-1-2-4-24(23)28(32)30-18-6-8-22-16(10-18)12-20(46(34,35)36)14-26(22)48(40,41)42/h1-14,33H,(H,29,31)(H,30,32)(H,34,35,36)(H,37,38,39)(H,40,41,42). The van der Waals surface area contributed by atoms with E-state index in [1.165, 1.54) is 66.7 Å². The van der Waals surface area contributed by atoms with Gasteiger partial charge in [0.1, 0.15) is 9.79 Å². The van der Waals surface area contributed by atoms with Crippen molar-refractivity contribution in [3.05, 3.63) is 96.1 Å². The number of nitrogens with one attached hydrogen (secondary N) is 2. The fourth-order valence-corrected chi connectivity index (χ4v) is 7.35. The van der Waals surface area contributed by atoms with Gasteiger partial charge in [-0.05, 0) is 71.4 Å². The van der Waals surface area contributed by atoms with Gasteiger partial charge in [0.2, 0.25) is 0 Å². The largest absolute Gasteiger partial charge is 0.322 e. The molecular weight excluding hydrogens is 717 g/mol. The summed E-state index contributed by atoms with van der Waals surface area (Å²) in [5.41, 5.74) is -0.0291. The number of rotatable bonds is 10. The molecule has 0 aliphatic heterocycles. The molecule has 0 aliphatic carbocycles. The Morgan fingerprint density at radius 3 is 1.54 bits per heavy atom. The van der Waals surface area contributed by atoms with Gasteiger partial charge in [0, 0.05) is 27.0 Å². The molecule has 0 unspecified atom stereocenters. The number of anilines is 2. The van der Waals surface area contributed by atoms with Gasteiger partial charge in [0.25, 0.3) is 42.2 Å². The molecule has 0 saturated heterocycles. The predicted molar refractivity (Wildman–Crippen MR) is 170 cm³/mol. The van der Waals surface area contributed by atoms with Gasteiger partial charge >= 0.3 is 0 Å². The van der Waals surface area contributed by atoms with Crippen LogP contribution in [0.5, 0.6) is 0 Å². The molecule has 0 bridgehead atoms. The van der Waals surface area contributed by atoms with E-state index in [-0.39, 0.29) is 48.9 Å². The zero-order chi connectivity index (χ0) is 35.0. The van der Waals surface area contributed by atoms with E-state index in [1.807, 2.05) is 0 Å². The lowest BCUT2D eigenvalue weighted by atomic mass is 10.0. The van der Waals surface area contributed by atoms with Crippen LogP contribution >= 0.6 is 12.0 Å². The van der Waals surface area contributed by atoms with Crippen LogP contribution in [0.3, 0.4) is 0 Å². The molecule has 5 aromatic carbocycles. The number of carbonyl (C=O) groups excluding carboxylic acids is 2. The van der Waals surface area contributed by atoms with E-state index in [0.717, 1.165) is 12.1 Å². The molecule has 0 fully saturated rings. The highest BCUT2D eigenvalue weighted by Crippen LogP contribution is 2.33. The van der Waals surface area contributed by atoms with E-state index in [1.54, 1.807) is 0 Å². The minimum atomic E-state index is -4.93. The zero-order valence-corrected chi connectivity index (χ0v) is 26.9. The third-order valence-electron chi connectivity index (χ3n) is 6.72. The van der Waals surface area contributed by atoms with Gasteiger partial charge < -0.3 is 10.6 Å². The molecule has 0 atom stereocenters. The molecule has 0 aliphatic rings. The van der Waals surface area contributed by atoms with Crippen LogP contribution < -0.4 is 10.6 Å². The summed E-state index contributed by atoms with van der Waals surface area (Å²) in [4.78, 5) is 24.7. The monoisotopic (exact) mass is 736 g/mol. The van der Waals surface area contributed by atoms with Crippen LogP contribution in [0.2, 0.25) is 0 Å². The van der Waals surface area contributed by atoms with Crippen LogP contribution in [-0.4, -0.2) is 56.0 Å². The Bertz CT molecular complexity index is 2470. The van der Waals surface area contributed by atoms with Gasteiger partial charge in [-0.1, -0.05) is 29.3 Å². The van der Waals surface area contributed by atoms with Gasteiger partial charge in [-0.3, -0.25) is 23.2 Å². The van der Waals surface area contributed by atoms with Crippen molar-refractivity contribution in [2.45, 2.75) is 19.6 Å². The van der Waals surface area contributed by atoms with Crippen molar-refractivity contribution in [3.8, 4) is 0 Å². The minimum absolute atomic E-state index is 0.0323. The first-order chi connectivity index (χ1) is 22.5. The Labute approximate surface area is 275 Å². The van der Waals surface area contributed by atoms with E-state index in [9.17, 15) is 48.5 Å². The highest BCUT2D eigenvalue weighted by molar-refractivity contribution is 7.94. The molecule has 2 amide bonds. The molecule has 0 radical (unpaired) electrons. The fourth-order valence-electron chi connectivity index (χ4n) is 4.73. The topological polar surface area (TPSA) is 260 Å². The lowest BCUT2D eigenvalue weighted by Gasteiger charge is -2.13. The van der Waals surface area contributed by atoms with Crippen LogP contribution in [-0.2, 0) is 39.7 Å². The highest BCUT2D eigenvalue weighted by atomic mass is 32.2. The molecule has 6 N–H and O–H groups in total. The molecule has 5 aromatic rings. The van der Waals surface area contributed by atoms with E-state index in [2.05, 4.69) is 20.0 Å². The van der Waals surface area contributed by atoms with Crippen LogP contribution in [0, 0.1) is 0 Å². The zero-order valence-electron chi connectivity index (χ0n) is 23.6. The lowest BCUT2D eigenvalue weighted by Crippen LogP contribution is -2.20. The summed E-state index contributed by atoms with van der Waals surface area (Å²) in [5, 5.41) is 17.2. The van der Waals surface area contributed by atoms with Crippen molar-refractivity contribution in [1.82, 2.24) is 0 Å². The van der Waals surface area contributed by atoms with Crippen LogP contribution in [0.4, 0.5) is 11.4 Å². The number of amides is 2. The summed E-state index contributed by atoms with van der Waals surface area (Å²) in [6.07, 6.45) is 0. The summed E-state index contributed by atoms with van der Waals surface area (Å²) >= 11 is 0.436. The Hall–Kier alpha value is -4.48. The maximum Gasteiger partial charge on any atom is 0.295 e. The van der Waals surface area contributed by atoms with Crippen molar-refractivity contribution in [3.63, 3.8) is 0 Å². The maximum absolute atomic E-state index is 13.3. The second-order valence-electron chi connectivity index (χ2n) is 9.82. The van der Waals surface area contributed by atoms with Gasteiger partial charge in [0.05, 0.1) is 28.1 Å². The van der Waals surface area contributed by atoms with E-state index < -0.39 is 56.9 Å². The maximum atomic E-state index is 13.3. The minimum Gasteiger partial charge on any atom is -0.322 e. The highest BCUT2D eigenvalue weighted by Gasteiger charge is 2.22. The summed E-state index contributed by atoms with van der Waals surface area (Å²) in [6, 6.07) is 17.4. The van der Waals surface area contributed by atoms with Gasteiger partial charge in [-0.25, -0.2) is 5.26 Å². The number of hydrogen-bond donors (Lipinski definition) is 6. The average molecular weight is 737 g/mol. The fraction of sp³-hybridized carbons (Fsp3) is 0. The molecule has 250 valence electrons. The average Bonchev–Trinajstić information content (AvgIpc) is 3.01. The summed E-state index contributed by atoms with van der Waals surface area (Å²) in [5.74, 6) is -1.56. The molecule has 0 spiro atoms. The van der Waals surface area contributed by atoms with Crippen LogP contribution in [0.1, 0.15) is 20.7 Å². The molecule has 20 heteroatoms. The van der Waals surface area contributed by atoms with E-state index in [4.69, 9.17) is 5.26 Å². The molecule has 0 saturated carbocycles. The quantitative estimate of drug-likeness (QED) is 0.0493. The second-order valence-corrected chi connectivity index (χ2v) is 14.8. The number of fused-ring (bicyclic) bond motifs is 2. The van der Waals surface area contributed by atoms with Crippen molar-refractivity contribution < 1.29 is 63.1 Å². The van der Waals surface area contributed by atoms with Crippen molar-refractivity contribution in [1.29, 1.82) is 0 Å². The number of benzene rings is 5. The first-order valence-corrected chi connectivity index (χ1v) is 18.0. The van der Waals surface area contributed by atoms with Crippen LogP contribution in [0.25, 0.3) is 21.5 Å². The second kappa shape index (κ2) is 13.2. The summed E-state index contributed by atoms with van der Waals surface area (Å²) < 4.78 is 104.